The van der Waals surface area contributed by atoms with E-state index in [9.17, 15) is 4.79 Å². The quantitative estimate of drug-likeness (QED) is 0.657. The molecule has 4 heteroatoms. The van der Waals surface area contributed by atoms with Gasteiger partial charge in [0.05, 0.1) is 11.2 Å². The Morgan fingerprint density at radius 3 is 2.86 bits per heavy atom. The van der Waals surface area contributed by atoms with Crippen molar-refractivity contribution in [2.45, 2.75) is 13.3 Å². The molecular weight excluding hydrogens is 262 g/mol. The predicted molar refractivity (Wildman–Crippen MR) is 86.8 cm³/mol. The summed E-state index contributed by atoms with van der Waals surface area (Å²) in [6.07, 6.45) is 1.72. The predicted octanol–water partition coefficient (Wildman–Crippen LogP) is 4.37. The van der Waals surface area contributed by atoms with Crippen LogP contribution < -0.4 is 10.6 Å². The summed E-state index contributed by atoms with van der Waals surface area (Å²) in [7, 11) is 0. The highest BCUT2D eigenvalue weighted by Crippen LogP contribution is 2.22. The molecule has 0 saturated heterocycles. The molecule has 0 fully saturated rings. The maximum Gasteiger partial charge on any atom is 0.323 e. The first-order chi connectivity index (χ1) is 12.8. The first-order valence-electron chi connectivity index (χ1n) is 9.52. The van der Waals surface area contributed by atoms with Gasteiger partial charge in [-0.3, -0.25) is 0 Å². The summed E-state index contributed by atoms with van der Waals surface area (Å²) in [4.78, 5) is 15.0. The summed E-state index contributed by atoms with van der Waals surface area (Å²) < 4.78 is 45.9. The number of hydrogen-bond acceptors (Lipinski definition) is 1. The minimum absolute atomic E-state index is 0.197. The van der Waals surface area contributed by atoms with Gasteiger partial charge in [0.2, 0.25) is 0 Å². The standard InChI is InChI=1S/C17H17N3O/c1-2-12-7-9-13(10-8-12)19-17(21)20-16-11-18-15-6-4-3-5-14(15)16/h3-11,18H,2H2,1H3,(H2,19,20,21)/i1D2,3D,4D,5D,6D. The van der Waals surface area contributed by atoms with Crippen molar-refractivity contribution in [3.8, 4) is 0 Å². The molecule has 106 valence electrons. The lowest BCUT2D eigenvalue weighted by atomic mass is 10.1. The number of H-pyrrole nitrogens is 1. The van der Waals surface area contributed by atoms with Crippen LogP contribution in [0.15, 0.2) is 54.6 Å². The molecule has 3 N–H and O–H groups in total. The monoisotopic (exact) mass is 285 g/mol. The maximum absolute atomic E-state index is 12.2. The van der Waals surface area contributed by atoms with E-state index in [4.69, 9.17) is 8.22 Å². The van der Waals surface area contributed by atoms with Crippen LogP contribution in [-0.2, 0) is 6.42 Å². The van der Waals surface area contributed by atoms with Gasteiger partial charge in [0.1, 0.15) is 0 Å². The number of amides is 2. The van der Waals surface area contributed by atoms with E-state index in [1.54, 1.807) is 24.3 Å². The fourth-order valence-electron chi connectivity index (χ4n) is 1.95. The van der Waals surface area contributed by atoms with Crippen LogP contribution in [0, 0.1) is 0 Å². The Balaban J connectivity index is 1.79. The van der Waals surface area contributed by atoms with Gasteiger partial charge in [-0.05, 0) is 30.2 Å². The SMILES string of the molecule is [2H]c1c([2H])c([2H])c2c(NC(=O)Nc3ccc(CC([2H])[2H])cc3)c[nH]c2c1[2H]. The number of anilines is 2. The molecule has 0 aliphatic carbocycles. The fourth-order valence-corrected chi connectivity index (χ4v) is 1.95. The first-order valence-corrected chi connectivity index (χ1v) is 6.36. The molecule has 0 bridgehead atoms. The summed E-state index contributed by atoms with van der Waals surface area (Å²) in [6.45, 7) is -0.943. The van der Waals surface area contributed by atoms with E-state index in [2.05, 4.69) is 15.6 Å². The smallest absolute Gasteiger partial charge is 0.323 e. The molecule has 1 aromatic heterocycles. The highest BCUT2D eigenvalue weighted by Gasteiger charge is 2.07. The van der Waals surface area contributed by atoms with Crippen molar-refractivity contribution in [3.63, 3.8) is 0 Å². The number of hydrogen-bond donors (Lipinski definition) is 3. The van der Waals surface area contributed by atoms with Crippen LogP contribution in [0.2, 0.25) is 0 Å². The summed E-state index contributed by atoms with van der Waals surface area (Å²) in [6, 6.07) is 5.10. The summed E-state index contributed by atoms with van der Waals surface area (Å²) >= 11 is 0. The van der Waals surface area contributed by atoms with Gasteiger partial charge in [0.25, 0.3) is 0 Å². The topological polar surface area (TPSA) is 56.9 Å². The zero-order valence-electron chi connectivity index (χ0n) is 17.1. The van der Waals surface area contributed by atoms with Crippen LogP contribution in [0.1, 0.15) is 20.7 Å². The van der Waals surface area contributed by atoms with Crippen LogP contribution in [-0.4, -0.2) is 11.0 Å². The van der Waals surface area contributed by atoms with Crippen molar-refractivity contribution < 1.29 is 13.0 Å². The second-order valence-electron chi connectivity index (χ2n) is 4.43. The van der Waals surface area contributed by atoms with Crippen molar-refractivity contribution in [2.75, 3.05) is 10.6 Å². The second-order valence-corrected chi connectivity index (χ2v) is 4.43. The van der Waals surface area contributed by atoms with Crippen molar-refractivity contribution in [1.82, 2.24) is 4.98 Å². The van der Waals surface area contributed by atoms with Gasteiger partial charge in [0.15, 0.2) is 0 Å². The third-order valence-corrected chi connectivity index (χ3v) is 3.01. The number of benzene rings is 2. The first kappa shape index (κ1) is 7.88. The van der Waals surface area contributed by atoms with Crippen molar-refractivity contribution in [2.24, 2.45) is 0 Å². The molecule has 0 saturated carbocycles. The van der Waals surface area contributed by atoms with E-state index in [-0.39, 0.29) is 40.8 Å². The van der Waals surface area contributed by atoms with Crippen molar-refractivity contribution in [1.29, 1.82) is 0 Å². The fraction of sp³-hybridized carbons (Fsp3) is 0.118. The van der Waals surface area contributed by atoms with Gasteiger partial charge >= 0.3 is 6.03 Å². The molecular formula is C17H17N3O. The number of aryl methyl sites for hydroxylation is 1. The van der Waals surface area contributed by atoms with Crippen molar-refractivity contribution >= 4 is 28.3 Å². The molecule has 2 aromatic carbocycles. The molecule has 0 radical (unpaired) electrons. The highest BCUT2D eigenvalue weighted by molar-refractivity contribution is 6.05. The normalized spacial score (nSPS) is 14.7. The van der Waals surface area contributed by atoms with Crippen LogP contribution in [0.5, 0.6) is 0 Å². The van der Waals surface area contributed by atoms with E-state index in [1.807, 2.05) is 0 Å². The molecule has 1 heterocycles. The molecule has 0 aliphatic rings. The minimum atomic E-state index is -0.943. The summed E-state index contributed by atoms with van der Waals surface area (Å²) in [5, 5.41) is 5.43. The number of fused-ring (bicyclic) bond motifs is 1. The van der Waals surface area contributed by atoms with E-state index < -0.39 is 12.9 Å². The Labute approximate surface area is 131 Å². The molecule has 0 atom stereocenters. The van der Waals surface area contributed by atoms with E-state index >= 15 is 0 Å². The highest BCUT2D eigenvalue weighted by atomic mass is 16.2. The van der Waals surface area contributed by atoms with Gasteiger partial charge in [-0.2, -0.15) is 0 Å². The summed E-state index contributed by atoms with van der Waals surface area (Å²) in [5.74, 6) is 0. The Kier molecular flexibility index (Phi) is 2.14. The third kappa shape index (κ3) is 2.89. The molecule has 3 aromatic rings. The van der Waals surface area contributed by atoms with E-state index in [0.717, 1.165) is 5.56 Å². The summed E-state index contributed by atoms with van der Waals surface area (Å²) in [5.41, 5.74) is 1.81. The van der Waals surface area contributed by atoms with Crippen LogP contribution in [0.3, 0.4) is 0 Å². The number of aromatic amines is 1. The average Bonchev–Trinajstić information content (AvgIpc) is 3.03. The Morgan fingerprint density at radius 1 is 1.24 bits per heavy atom. The van der Waals surface area contributed by atoms with Gasteiger partial charge in [0, 0.05) is 25.5 Å². The number of urea groups is 1. The molecule has 21 heavy (non-hydrogen) atoms. The molecule has 3 rings (SSSR count). The minimum Gasteiger partial charge on any atom is -0.359 e. The van der Waals surface area contributed by atoms with Crippen LogP contribution in [0.25, 0.3) is 10.9 Å². The Morgan fingerprint density at radius 2 is 2.05 bits per heavy atom. The maximum atomic E-state index is 12.2. The Hall–Kier alpha value is -2.75. The number of rotatable bonds is 3. The average molecular weight is 285 g/mol. The number of carbonyl (C=O) groups is 1. The lowest BCUT2D eigenvalue weighted by Crippen LogP contribution is -2.19. The molecule has 0 spiro atoms. The number of aromatic nitrogens is 1. The lowest BCUT2D eigenvalue weighted by Gasteiger charge is -2.07. The lowest BCUT2D eigenvalue weighted by molar-refractivity contribution is 0.262. The van der Waals surface area contributed by atoms with Gasteiger partial charge in [-0.1, -0.05) is 37.1 Å². The van der Waals surface area contributed by atoms with Crippen molar-refractivity contribution in [3.05, 3.63) is 60.2 Å². The van der Waals surface area contributed by atoms with Crippen LogP contribution in [0.4, 0.5) is 16.2 Å². The zero-order valence-corrected chi connectivity index (χ0v) is 11.1. The second kappa shape index (κ2) is 5.71. The van der Waals surface area contributed by atoms with Crippen LogP contribution >= 0.6 is 0 Å². The third-order valence-electron chi connectivity index (χ3n) is 3.01. The van der Waals surface area contributed by atoms with E-state index in [0.29, 0.717) is 12.1 Å². The Bertz CT molecular complexity index is 1000. The molecule has 0 aliphatic heterocycles. The van der Waals surface area contributed by atoms with Gasteiger partial charge in [-0.15, -0.1) is 0 Å². The number of para-hydroxylation sites is 1. The largest absolute Gasteiger partial charge is 0.359 e. The van der Waals surface area contributed by atoms with Gasteiger partial charge in [-0.25, -0.2) is 4.79 Å². The molecule has 4 nitrogen and oxygen atoms in total. The molecule has 0 unspecified atom stereocenters. The number of carbonyl (C=O) groups excluding carboxylic acids is 1. The molecule has 2 amide bonds. The van der Waals surface area contributed by atoms with Gasteiger partial charge < -0.3 is 15.6 Å². The zero-order chi connectivity index (χ0) is 19.7. The number of nitrogens with one attached hydrogen (secondary N) is 3. The van der Waals surface area contributed by atoms with E-state index in [1.165, 1.54) is 6.20 Å².